The summed E-state index contributed by atoms with van der Waals surface area (Å²) in [5.41, 5.74) is 0.293. The van der Waals surface area contributed by atoms with Crippen molar-refractivity contribution in [3.05, 3.63) is 35.6 Å². The molecule has 6 nitrogen and oxygen atoms in total. The van der Waals surface area contributed by atoms with E-state index < -0.39 is 29.7 Å². The summed E-state index contributed by atoms with van der Waals surface area (Å²) < 4.78 is 18.6. The van der Waals surface area contributed by atoms with Crippen LogP contribution in [0.2, 0.25) is 0 Å². The summed E-state index contributed by atoms with van der Waals surface area (Å²) in [5.74, 6) is -2.21. The van der Waals surface area contributed by atoms with Gasteiger partial charge in [-0.25, -0.2) is 4.39 Å². The lowest BCUT2D eigenvalue weighted by atomic mass is 9.83. The van der Waals surface area contributed by atoms with Crippen LogP contribution in [-0.2, 0) is 19.1 Å². The van der Waals surface area contributed by atoms with Crippen LogP contribution in [0.1, 0.15) is 24.4 Å². The number of hydrogen-bond acceptors (Lipinski definition) is 4. The molecule has 1 aromatic carbocycles. The number of amides is 2. The number of likely N-dealkylation sites (tertiary alicyclic amines) is 1. The number of piperidine rings is 1. The van der Waals surface area contributed by atoms with Crippen LogP contribution in [-0.4, -0.2) is 43.4 Å². The first-order chi connectivity index (χ1) is 11.0. The van der Waals surface area contributed by atoms with Crippen molar-refractivity contribution in [3.8, 4) is 0 Å². The summed E-state index contributed by atoms with van der Waals surface area (Å²) in [6.07, 6.45) is 0.507. The normalized spacial score (nSPS) is 21.0. The molecule has 1 aliphatic rings. The molecule has 0 radical (unpaired) electrons. The van der Waals surface area contributed by atoms with Gasteiger partial charge in [-0.05, 0) is 12.5 Å². The number of ether oxygens (including phenoxy) is 1. The van der Waals surface area contributed by atoms with Crippen molar-refractivity contribution in [1.82, 2.24) is 10.2 Å². The average Bonchev–Trinajstić information content (AvgIpc) is 2.55. The van der Waals surface area contributed by atoms with Crippen molar-refractivity contribution < 1.29 is 23.5 Å². The molecule has 2 rings (SSSR count). The fourth-order valence-electron chi connectivity index (χ4n) is 2.82. The molecule has 1 saturated heterocycles. The maximum absolute atomic E-state index is 14.1. The second-order valence-corrected chi connectivity index (χ2v) is 5.41. The number of benzene rings is 1. The summed E-state index contributed by atoms with van der Waals surface area (Å²) in [7, 11) is 2.78. The first kappa shape index (κ1) is 16.9. The Balaban J connectivity index is 2.25. The van der Waals surface area contributed by atoms with E-state index in [4.69, 9.17) is 0 Å². The number of halogens is 1. The lowest BCUT2D eigenvalue weighted by molar-refractivity contribution is -0.145. The number of hydrogen-bond donors (Lipinski definition) is 1. The van der Waals surface area contributed by atoms with Gasteiger partial charge in [0, 0.05) is 19.0 Å². The van der Waals surface area contributed by atoms with Crippen LogP contribution in [0, 0.1) is 11.7 Å². The summed E-state index contributed by atoms with van der Waals surface area (Å²) in [6.45, 7) is -0.256. The van der Waals surface area contributed by atoms with Gasteiger partial charge in [0.2, 0.25) is 11.8 Å². The van der Waals surface area contributed by atoms with Gasteiger partial charge in [-0.15, -0.1) is 0 Å². The Morgan fingerprint density at radius 2 is 2.09 bits per heavy atom. The highest BCUT2D eigenvalue weighted by atomic mass is 19.1. The van der Waals surface area contributed by atoms with E-state index in [0.717, 1.165) is 0 Å². The van der Waals surface area contributed by atoms with E-state index in [1.54, 1.807) is 25.2 Å². The molecule has 2 atom stereocenters. The van der Waals surface area contributed by atoms with E-state index in [0.29, 0.717) is 12.0 Å². The smallest absolute Gasteiger partial charge is 0.325 e. The quantitative estimate of drug-likeness (QED) is 0.840. The highest BCUT2D eigenvalue weighted by Crippen LogP contribution is 2.36. The zero-order valence-electron chi connectivity index (χ0n) is 13.0. The average molecular weight is 322 g/mol. The molecule has 2 amide bonds. The highest BCUT2D eigenvalue weighted by Gasteiger charge is 2.40. The fourth-order valence-corrected chi connectivity index (χ4v) is 2.82. The molecule has 1 aliphatic heterocycles. The summed E-state index contributed by atoms with van der Waals surface area (Å²) >= 11 is 0. The van der Waals surface area contributed by atoms with Gasteiger partial charge in [0.25, 0.3) is 0 Å². The van der Waals surface area contributed by atoms with Crippen LogP contribution in [0.4, 0.5) is 4.39 Å². The fraction of sp³-hybridized carbons (Fsp3) is 0.438. The van der Waals surface area contributed by atoms with Gasteiger partial charge >= 0.3 is 5.97 Å². The third kappa shape index (κ3) is 3.67. The molecule has 0 unspecified atom stereocenters. The Kier molecular flexibility index (Phi) is 5.31. The largest absolute Gasteiger partial charge is 0.468 e. The van der Waals surface area contributed by atoms with Crippen LogP contribution in [0.3, 0.4) is 0 Å². The summed E-state index contributed by atoms with van der Waals surface area (Å²) in [6, 6.07) is 5.38. The van der Waals surface area contributed by atoms with Crippen molar-refractivity contribution >= 4 is 17.8 Å². The van der Waals surface area contributed by atoms with E-state index >= 15 is 0 Å². The van der Waals surface area contributed by atoms with Gasteiger partial charge < -0.3 is 15.0 Å². The molecule has 124 valence electrons. The Bertz CT molecular complexity index is 620. The molecule has 1 aromatic rings. The van der Waals surface area contributed by atoms with Gasteiger partial charge in [-0.2, -0.15) is 0 Å². The van der Waals surface area contributed by atoms with E-state index in [-0.39, 0.29) is 18.9 Å². The molecule has 0 aromatic heterocycles. The minimum absolute atomic E-state index is 0.143. The predicted molar refractivity (Wildman–Crippen MR) is 79.7 cm³/mol. The van der Waals surface area contributed by atoms with Crippen LogP contribution in [0.5, 0.6) is 0 Å². The molecule has 7 heteroatoms. The monoisotopic (exact) mass is 322 g/mol. The first-order valence-corrected chi connectivity index (χ1v) is 7.30. The second kappa shape index (κ2) is 7.21. The number of carbonyl (C=O) groups is 3. The Hall–Kier alpha value is -2.44. The number of nitrogens with one attached hydrogen (secondary N) is 1. The molecule has 1 fully saturated rings. The van der Waals surface area contributed by atoms with Crippen LogP contribution in [0.25, 0.3) is 0 Å². The number of rotatable bonds is 4. The van der Waals surface area contributed by atoms with Crippen molar-refractivity contribution in [2.45, 2.75) is 18.9 Å². The van der Waals surface area contributed by atoms with Gasteiger partial charge in [0.15, 0.2) is 0 Å². The van der Waals surface area contributed by atoms with Gasteiger partial charge in [0.1, 0.15) is 12.4 Å². The lowest BCUT2D eigenvalue weighted by Gasteiger charge is -2.38. The van der Waals surface area contributed by atoms with Gasteiger partial charge in [-0.3, -0.25) is 14.4 Å². The molecule has 0 saturated carbocycles. The van der Waals surface area contributed by atoms with Crippen LogP contribution < -0.4 is 5.32 Å². The molecule has 1 heterocycles. The number of nitrogens with zero attached hydrogens (tertiary/aromatic N) is 1. The molecule has 23 heavy (non-hydrogen) atoms. The number of carbonyl (C=O) groups excluding carboxylic acids is 3. The van der Waals surface area contributed by atoms with E-state index in [2.05, 4.69) is 10.1 Å². The number of esters is 1. The second-order valence-electron chi connectivity index (χ2n) is 5.41. The lowest BCUT2D eigenvalue weighted by Crippen LogP contribution is -2.47. The van der Waals surface area contributed by atoms with E-state index in [1.807, 2.05) is 0 Å². The molecule has 0 aliphatic carbocycles. The van der Waals surface area contributed by atoms with E-state index in [1.165, 1.54) is 18.1 Å². The van der Waals surface area contributed by atoms with Crippen LogP contribution >= 0.6 is 0 Å². The molecule has 0 bridgehead atoms. The van der Waals surface area contributed by atoms with E-state index in [9.17, 15) is 18.8 Å². The predicted octanol–water partition coefficient (Wildman–Crippen LogP) is 1.02. The third-order valence-electron chi connectivity index (χ3n) is 4.06. The standard InChI is InChI=1S/C16H19FN2O4/c1-19-13(20)8-7-11(16(22)18-9-14(21)23-2)15(19)10-5-3-4-6-12(10)17/h3-6,11,15H,7-9H2,1-2H3,(H,18,22)/t11-,15-/m0/s1. The molecular weight excluding hydrogens is 303 g/mol. The molecule has 1 N–H and O–H groups in total. The minimum Gasteiger partial charge on any atom is -0.468 e. The number of methoxy groups -OCH3 is 1. The van der Waals surface area contributed by atoms with Crippen molar-refractivity contribution in [2.24, 2.45) is 5.92 Å². The van der Waals surface area contributed by atoms with Gasteiger partial charge in [-0.1, -0.05) is 18.2 Å². The topological polar surface area (TPSA) is 75.7 Å². The Labute approximate surface area is 133 Å². The zero-order chi connectivity index (χ0) is 17.0. The molecule has 0 spiro atoms. The molecular formula is C16H19FN2O4. The minimum atomic E-state index is -0.699. The van der Waals surface area contributed by atoms with Crippen molar-refractivity contribution in [3.63, 3.8) is 0 Å². The maximum atomic E-state index is 14.1. The Morgan fingerprint density at radius 1 is 1.39 bits per heavy atom. The Morgan fingerprint density at radius 3 is 2.74 bits per heavy atom. The van der Waals surface area contributed by atoms with Gasteiger partial charge in [0.05, 0.1) is 19.1 Å². The highest BCUT2D eigenvalue weighted by molar-refractivity contribution is 5.87. The first-order valence-electron chi connectivity index (χ1n) is 7.30. The zero-order valence-corrected chi connectivity index (χ0v) is 13.0. The summed E-state index contributed by atoms with van der Waals surface area (Å²) in [5, 5.41) is 2.48. The maximum Gasteiger partial charge on any atom is 0.325 e. The van der Waals surface area contributed by atoms with Crippen molar-refractivity contribution in [2.75, 3.05) is 20.7 Å². The van der Waals surface area contributed by atoms with Crippen molar-refractivity contribution in [1.29, 1.82) is 0 Å². The third-order valence-corrected chi connectivity index (χ3v) is 4.06. The van der Waals surface area contributed by atoms with Crippen LogP contribution in [0.15, 0.2) is 24.3 Å². The SMILES string of the molecule is COC(=O)CNC(=O)[C@H]1CCC(=O)N(C)[C@H]1c1ccccc1F. The summed E-state index contributed by atoms with van der Waals surface area (Å²) in [4.78, 5) is 36.9.